The van der Waals surface area contributed by atoms with Crippen LogP contribution in [0.4, 0.5) is 0 Å². The van der Waals surface area contributed by atoms with Gasteiger partial charge < -0.3 is 5.73 Å². The average molecular weight is 241 g/mol. The second-order valence-corrected chi connectivity index (χ2v) is 5.12. The third-order valence-corrected chi connectivity index (χ3v) is 4.18. The molecule has 0 saturated carbocycles. The molecule has 0 radical (unpaired) electrons. The van der Waals surface area contributed by atoms with Gasteiger partial charge in [0, 0.05) is 21.8 Å². The highest BCUT2D eigenvalue weighted by atomic mass is 32.2. The van der Waals surface area contributed by atoms with Gasteiger partial charge in [-0.2, -0.15) is 0 Å². The first kappa shape index (κ1) is 10.4. The molecule has 1 aliphatic rings. The Bertz CT molecular complexity index is 607. The molecule has 2 N–H and O–H groups in total. The fourth-order valence-corrected chi connectivity index (χ4v) is 3.24. The molecule has 0 unspecified atom stereocenters. The Hall–Kier alpha value is -1.74. The fraction of sp³-hybridized carbons (Fsp3) is 0.0714. The highest BCUT2D eigenvalue weighted by Crippen LogP contribution is 2.40. The number of nitrogens with two attached hydrogens (primary N) is 1. The van der Waals surface area contributed by atoms with E-state index in [4.69, 9.17) is 5.73 Å². The molecule has 0 saturated heterocycles. The Balaban J connectivity index is 2.15. The van der Waals surface area contributed by atoms with Crippen molar-refractivity contribution in [2.75, 3.05) is 0 Å². The molecule has 0 spiro atoms. The lowest BCUT2D eigenvalue weighted by Gasteiger charge is -2.20. The monoisotopic (exact) mass is 241 g/mol. The molecule has 3 heteroatoms. The van der Waals surface area contributed by atoms with Crippen molar-refractivity contribution in [1.29, 1.82) is 0 Å². The topological polar surface area (TPSA) is 43.1 Å². The number of fused-ring (bicyclic) bond motifs is 2. The zero-order valence-corrected chi connectivity index (χ0v) is 9.96. The van der Waals surface area contributed by atoms with Gasteiger partial charge in [0.1, 0.15) is 0 Å². The lowest BCUT2D eigenvalue weighted by atomic mass is 9.99. The van der Waals surface area contributed by atoms with Crippen LogP contribution >= 0.6 is 11.8 Å². The van der Waals surface area contributed by atoms with E-state index in [1.807, 2.05) is 24.3 Å². The number of primary amides is 1. The summed E-state index contributed by atoms with van der Waals surface area (Å²) in [7, 11) is 0. The van der Waals surface area contributed by atoms with Crippen molar-refractivity contribution < 1.29 is 4.79 Å². The molecule has 0 aromatic heterocycles. The van der Waals surface area contributed by atoms with E-state index in [1.165, 1.54) is 10.5 Å². The van der Waals surface area contributed by atoms with Crippen molar-refractivity contribution in [3.05, 3.63) is 59.2 Å². The molecular weight excluding hydrogens is 230 g/mol. The van der Waals surface area contributed by atoms with E-state index in [9.17, 15) is 4.79 Å². The van der Waals surface area contributed by atoms with Crippen molar-refractivity contribution in [1.82, 2.24) is 0 Å². The molecule has 0 aliphatic carbocycles. The molecule has 0 bridgehead atoms. The van der Waals surface area contributed by atoms with Crippen LogP contribution in [0.5, 0.6) is 0 Å². The van der Waals surface area contributed by atoms with Gasteiger partial charge >= 0.3 is 0 Å². The Morgan fingerprint density at radius 2 is 1.82 bits per heavy atom. The van der Waals surface area contributed by atoms with Gasteiger partial charge in [-0.25, -0.2) is 0 Å². The summed E-state index contributed by atoms with van der Waals surface area (Å²) < 4.78 is 0. The fourth-order valence-electron chi connectivity index (χ4n) is 2.13. The Morgan fingerprint density at radius 3 is 2.65 bits per heavy atom. The Morgan fingerprint density at radius 1 is 1.06 bits per heavy atom. The van der Waals surface area contributed by atoms with E-state index < -0.39 is 0 Å². The van der Waals surface area contributed by atoms with Crippen LogP contribution in [-0.4, -0.2) is 5.91 Å². The van der Waals surface area contributed by atoms with Gasteiger partial charge in [-0.15, -0.1) is 0 Å². The van der Waals surface area contributed by atoms with Crippen LogP contribution in [0, 0.1) is 0 Å². The molecule has 3 rings (SSSR count). The minimum absolute atomic E-state index is 0.346. The van der Waals surface area contributed by atoms with Gasteiger partial charge in [0.2, 0.25) is 5.91 Å². The lowest BCUT2D eigenvalue weighted by Crippen LogP contribution is -2.15. The van der Waals surface area contributed by atoms with Gasteiger partial charge in [0.25, 0.3) is 0 Å². The van der Waals surface area contributed by atoms with Gasteiger partial charge in [0.15, 0.2) is 0 Å². The normalized spacial score (nSPS) is 12.7. The summed E-state index contributed by atoms with van der Waals surface area (Å²) in [6.45, 7) is 0. The SMILES string of the molecule is NC(=O)c1cccc2c1Cc1ccccc1S2. The van der Waals surface area contributed by atoms with Crippen LogP contribution in [0.3, 0.4) is 0 Å². The van der Waals surface area contributed by atoms with Crippen molar-refractivity contribution in [2.24, 2.45) is 5.73 Å². The van der Waals surface area contributed by atoms with Crippen molar-refractivity contribution in [2.45, 2.75) is 16.2 Å². The zero-order chi connectivity index (χ0) is 11.8. The molecule has 1 aliphatic heterocycles. The van der Waals surface area contributed by atoms with Crippen LogP contribution in [-0.2, 0) is 6.42 Å². The maximum absolute atomic E-state index is 11.4. The molecular formula is C14H11NOS. The molecule has 2 nitrogen and oxygen atoms in total. The van der Waals surface area contributed by atoms with Crippen LogP contribution in [0.25, 0.3) is 0 Å². The average Bonchev–Trinajstić information content (AvgIpc) is 2.35. The first-order valence-electron chi connectivity index (χ1n) is 5.43. The van der Waals surface area contributed by atoms with Gasteiger partial charge in [0.05, 0.1) is 0 Å². The van der Waals surface area contributed by atoms with E-state index in [0.29, 0.717) is 5.56 Å². The molecule has 0 fully saturated rings. The quantitative estimate of drug-likeness (QED) is 0.712. The number of carbonyl (C=O) groups excluding carboxylic acids is 1. The first-order valence-corrected chi connectivity index (χ1v) is 6.25. The smallest absolute Gasteiger partial charge is 0.249 e. The van der Waals surface area contributed by atoms with Gasteiger partial charge in [-0.05, 0) is 29.3 Å². The summed E-state index contributed by atoms with van der Waals surface area (Å²) in [5, 5.41) is 0. The number of carbonyl (C=O) groups is 1. The molecule has 17 heavy (non-hydrogen) atoms. The summed E-state index contributed by atoms with van der Waals surface area (Å²) in [5.41, 5.74) is 8.37. The first-order chi connectivity index (χ1) is 8.25. The van der Waals surface area contributed by atoms with Crippen LogP contribution in [0.2, 0.25) is 0 Å². The summed E-state index contributed by atoms with van der Waals surface area (Å²) in [5.74, 6) is -0.346. The molecule has 2 aromatic carbocycles. The van der Waals surface area contributed by atoms with Gasteiger partial charge in [-0.1, -0.05) is 36.0 Å². The molecule has 84 valence electrons. The third kappa shape index (κ3) is 1.72. The van der Waals surface area contributed by atoms with Crippen molar-refractivity contribution in [3.8, 4) is 0 Å². The van der Waals surface area contributed by atoms with E-state index in [0.717, 1.165) is 16.9 Å². The predicted molar refractivity (Wildman–Crippen MR) is 68.3 cm³/mol. The summed E-state index contributed by atoms with van der Waals surface area (Å²) >= 11 is 1.71. The standard InChI is InChI=1S/C14H11NOS/c15-14(16)10-5-3-7-13-11(10)8-9-4-1-2-6-12(9)17-13/h1-7H,8H2,(H2,15,16). The predicted octanol–water partition coefficient (Wildman–Crippen LogP) is 2.84. The van der Waals surface area contributed by atoms with E-state index in [-0.39, 0.29) is 5.91 Å². The summed E-state index contributed by atoms with van der Waals surface area (Å²) in [6.07, 6.45) is 0.789. The second kappa shape index (κ2) is 3.93. The lowest BCUT2D eigenvalue weighted by molar-refractivity contribution is 0.0999. The molecule has 0 atom stereocenters. The highest BCUT2D eigenvalue weighted by molar-refractivity contribution is 7.99. The van der Waals surface area contributed by atoms with Crippen LogP contribution < -0.4 is 5.73 Å². The van der Waals surface area contributed by atoms with Crippen LogP contribution in [0.15, 0.2) is 52.3 Å². The third-order valence-electron chi connectivity index (χ3n) is 2.96. The summed E-state index contributed by atoms with van der Waals surface area (Å²) in [4.78, 5) is 13.8. The number of amides is 1. The van der Waals surface area contributed by atoms with Crippen molar-refractivity contribution >= 4 is 17.7 Å². The van der Waals surface area contributed by atoms with E-state index in [2.05, 4.69) is 12.1 Å². The maximum atomic E-state index is 11.4. The van der Waals surface area contributed by atoms with E-state index >= 15 is 0 Å². The number of hydrogen-bond acceptors (Lipinski definition) is 2. The van der Waals surface area contributed by atoms with Crippen LogP contribution in [0.1, 0.15) is 21.5 Å². The number of benzene rings is 2. The molecule has 2 aromatic rings. The largest absolute Gasteiger partial charge is 0.366 e. The summed E-state index contributed by atoms with van der Waals surface area (Å²) in [6, 6.07) is 14.0. The number of hydrogen-bond donors (Lipinski definition) is 1. The van der Waals surface area contributed by atoms with Crippen molar-refractivity contribution in [3.63, 3.8) is 0 Å². The number of rotatable bonds is 1. The van der Waals surface area contributed by atoms with Gasteiger partial charge in [-0.3, -0.25) is 4.79 Å². The Kier molecular flexibility index (Phi) is 2.41. The van der Waals surface area contributed by atoms with E-state index in [1.54, 1.807) is 17.8 Å². The minimum Gasteiger partial charge on any atom is -0.366 e. The molecule has 1 amide bonds. The maximum Gasteiger partial charge on any atom is 0.249 e. The minimum atomic E-state index is -0.346. The zero-order valence-electron chi connectivity index (χ0n) is 9.14. The molecule has 1 heterocycles. The highest BCUT2D eigenvalue weighted by Gasteiger charge is 2.19. The second-order valence-electron chi connectivity index (χ2n) is 4.03. The Labute approximate surface area is 104 Å².